The van der Waals surface area contributed by atoms with E-state index in [9.17, 15) is 9.59 Å². The number of pyridine rings is 1. The second kappa shape index (κ2) is 7.47. The first-order chi connectivity index (χ1) is 14.0. The summed E-state index contributed by atoms with van der Waals surface area (Å²) in [5.74, 6) is 0.139. The maximum Gasteiger partial charge on any atom is 0.318 e. The Hall–Kier alpha value is -4.14. The van der Waals surface area contributed by atoms with Crippen molar-refractivity contribution in [2.75, 3.05) is 17.7 Å². The minimum atomic E-state index is -0.367. The smallest absolute Gasteiger partial charge is 0.318 e. The number of aromatic nitrogens is 2. The minimum Gasteiger partial charge on any atom is -0.463 e. The third-order valence-electron chi connectivity index (χ3n) is 4.24. The van der Waals surface area contributed by atoms with Gasteiger partial charge in [0.15, 0.2) is 5.76 Å². The van der Waals surface area contributed by atoms with Crippen molar-refractivity contribution in [2.45, 2.75) is 6.92 Å². The van der Waals surface area contributed by atoms with Crippen LogP contribution in [-0.2, 0) is 0 Å². The van der Waals surface area contributed by atoms with Gasteiger partial charge in [0.25, 0.3) is 11.6 Å². The van der Waals surface area contributed by atoms with Crippen molar-refractivity contribution in [1.29, 1.82) is 0 Å². The summed E-state index contributed by atoms with van der Waals surface area (Å²) in [6.45, 7) is 1.74. The Balaban J connectivity index is 1.69. The largest absolute Gasteiger partial charge is 0.463 e. The fourth-order valence-corrected chi connectivity index (χ4v) is 2.89. The number of amides is 3. The predicted molar refractivity (Wildman–Crippen MR) is 107 cm³/mol. The quantitative estimate of drug-likeness (QED) is 0.486. The number of furan rings is 1. The van der Waals surface area contributed by atoms with Crippen LogP contribution in [-0.4, -0.2) is 29.1 Å². The summed E-state index contributed by atoms with van der Waals surface area (Å²) in [5, 5.41) is 12.4. The lowest BCUT2D eigenvalue weighted by atomic mass is 10.1. The molecule has 29 heavy (non-hydrogen) atoms. The van der Waals surface area contributed by atoms with E-state index in [4.69, 9.17) is 8.94 Å². The van der Waals surface area contributed by atoms with E-state index in [1.165, 1.54) is 13.3 Å². The van der Waals surface area contributed by atoms with Gasteiger partial charge in [-0.05, 0) is 43.3 Å². The van der Waals surface area contributed by atoms with Crippen molar-refractivity contribution in [2.24, 2.45) is 0 Å². The van der Waals surface area contributed by atoms with E-state index in [1.807, 2.05) is 0 Å². The summed E-state index contributed by atoms with van der Waals surface area (Å²) in [7, 11) is 1.52. The van der Waals surface area contributed by atoms with E-state index >= 15 is 0 Å². The Bertz CT molecular complexity index is 1200. The van der Waals surface area contributed by atoms with Crippen molar-refractivity contribution >= 4 is 34.4 Å². The van der Waals surface area contributed by atoms with E-state index in [-0.39, 0.29) is 17.7 Å². The molecule has 0 aliphatic carbocycles. The average Bonchev–Trinajstić information content (AvgIpc) is 3.38. The molecule has 3 amide bonds. The lowest BCUT2D eigenvalue weighted by molar-refractivity contribution is 0.102. The molecule has 0 fully saturated rings. The highest BCUT2D eigenvalue weighted by atomic mass is 16.5. The summed E-state index contributed by atoms with van der Waals surface area (Å²) in [6.07, 6.45) is 1.53. The highest BCUT2D eigenvalue weighted by Crippen LogP contribution is 2.28. The zero-order valence-corrected chi connectivity index (χ0v) is 15.6. The SMILES string of the molecule is CNC(=O)Nc1cccc(NC(=O)c2cc(-c3ccco3)nc3onc(C)c23)c1. The van der Waals surface area contributed by atoms with E-state index < -0.39 is 0 Å². The van der Waals surface area contributed by atoms with E-state index in [0.29, 0.717) is 39.5 Å². The van der Waals surface area contributed by atoms with Crippen molar-refractivity contribution in [3.63, 3.8) is 0 Å². The van der Waals surface area contributed by atoms with Gasteiger partial charge in [-0.3, -0.25) is 4.79 Å². The fourth-order valence-electron chi connectivity index (χ4n) is 2.89. The van der Waals surface area contributed by atoms with Gasteiger partial charge in [-0.1, -0.05) is 11.2 Å². The first-order valence-corrected chi connectivity index (χ1v) is 8.76. The molecule has 3 heterocycles. The summed E-state index contributed by atoms with van der Waals surface area (Å²) in [6, 6.07) is 11.6. The van der Waals surface area contributed by atoms with Gasteiger partial charge in [-0.25, -0.2) is 9.78 Å². The molecule has 9 nitrogen and oxygen atoms in total. The second-order valence-electron chi connectivity index (χ2n) is 6.22. The minimum absolute atomic E-state index is 0.247. The molecule has 0 radical (unpaired) electrons. The monoisotopic (exact) mass is 391 g/mol. The van der Waals surface area contributed by atoms with E-state index in [1.54, 1.807) is 49.4 Å². The molecule has 3 N–H and O–H groups in total. The predicted octanol–water partition coefficient (Wildman–Crippen LogP) is 3.79. The summed E-state index contributed by atoms with van der Waals surface area (Å²) >= 11 is 0. The van der Waals surface area contributed by atoms with Crippen LogP contribution in [0.3, 0.4) is 0 Å². The fraction of sp³-hybridized carbons (Fsp3) is 0.100. The molecule has 1 aromatic carbocycles. The van der Waals surface area contributed by atoms with Gasteiger partial charge >= 0.3 is 6.03 Å². The Morgan fingerprint density at radius 1 is 1.03 bits per heavy atom. The zero-order chi connectivity index (χ0) is 20.4. The van der Waals surface area contributed by atoms with Crippen molar-refractivity contribution in [3.8, 4) is 11.5 Å². The third-order valence-corrected chi connectivity index (χ3v) is 4.24. The van der Waals surface area contributed by atoms with Crippen molar-refractivity contribution in [1.82, 2.24) is 15.5 Å². The molecule has 0 unspecified atom stereocenters. The summed E-state index contributed by atoms with van der Waals surface area (Å²) < 4.78 is 10.7. The number of anilines is 2. The second-order valence-corrected chi connectivity index (χ2v) is 6.22. The molecule has 4 aromatic rings. The summed E-state index contributed by atoms with van der Waals surface area (Å²) in [4.78, 5) is 28.9. The molecule has 0 atom stereocenters. The normalized spacial score (nSPS) is 10.7. The number of hydrogen-bond acceptors (Lipinski definition) is 6. The number of rotatable bonds is 4. The Morgan fingerprint density at radius 2 is 1.83 bits per heavy atom. The van der Waals surface area contributed by atoms with Crippen molar-refractivity contribution in [3.05, 3.63) is 60.0 Å². The maximum absolute atomic E-state index is 13.1. The molecule has 3 aromatic heterocycles. The molecule has 4 rings (SSSR count). The molecule has 0 aliphatic heterocycles. The van der Waals surface area contributed by atoms with Gasteiger partial charge in [-0.2, -0.15) is 0 Å². The lowest BCUT2D eigenvalue weighted by Gasteiger charge is -2.10. The molecule has 0 spiro atoms. The van der Waals surface area contributed by atoms with Gasteiger partial charge in [0, 0.05) is 18.4 Å². The van der Waals surface area contributed by atoms with Gasteiger partial charge < -0.3 is 24.9 Å². The van der Waals surface area contributed by atoms with Crippen LogP contribution in [0.25, 0.3) is 22.6 Å². The third kappa shape index (κ3) is 3.65. The molecule has 0 saturated heterocycles. The molecule has 0 saturated carbocycles. The molecule has 146 valence electrons. The van der Waals surface area contributed by atoms with E-state index in [0.717, 1.165) is 0 Å². The number of hydrogen-bond donors (Lipinski definition) is 3. The number of carbonyl (C=O) groups is 2. The molecular weight excluding hydrogens is 374 g/mol. The lowest BCUT2D eigenvalue weighted by Crippen LogP contribution is -2.24. The van der Waals surface area contributed by atoms with Gasteiger partial charge in [0.05, 0.1) is 22.9 Å². The number of nitrogens with one attached hydrogen (secondary N) is 3. The molecule has 9 heteroatoms. The number of urea groups is 1. The van der Waals surface area contributed by atoms with Crippen LogP contribution in [0.2, 0.25) is 0 Å². The Morgan fingerprint density at radius 3 is 2.55 bits per heavy atom. The molecule has 0 bridgehead atoms. The van der Waals surface area contributed by atoms with Crippen LogP contribution in [0.15, 0.2) is 57.7 Å². The average molecular weight is 391 g/mol. The standard InChI is InChI=1S/C20H17N5O4/c1-11-17-14(10-15(16-7-4-8-28-16)24-19(17)29-25-11)18(26)22-12-5-3-6-13(9-12)23-20(27)21-2/h3-10H,1-2H3,(H,22,26)(H2,21,23,27). The number of carbonyl (C=O) groups excluding carboxylic acids is 2. The maximum atomic E-state index is 13.1. The van der Waals surface area contributed by atoms with Gasteiger partial charge in [0.2, 0.25) is 0 Å². The number of nitrogens with zero attached hydrogens (tertiary/aromatic N) is 2. The Labute approximate surface area is 165 Å². The molecule has 0 aliphatic rings. The Kier molecular flexibility index (Phi) is 4.70. The van der Waals surface area contributed by atoms with Crippen LogP contribution in [0.1, 0.15) is 16.1 Å². The highest BCUT2D eigenvalue weighted by Gasteiger charge is 2.20. The first-order valence-electron chi connectivity index (χ1n) is 8.76. The number of aryl methyl sites for hydroxylation is 1. The van der Waals surface area contributed by atoms with Crippen LogP contribution in [0.5, 0.6) is 0 Å². The highest BCUT2D eigenvalue weighted by molar-refractivity contribution is 6.13. The first kappa shape index (κ1) is 18.2. The zero-order valence-electron chi connectivity index (χ0n) is 15.6. The topological polar surface area (TPSA) is 122 Å². The van der Waals surface area contributed by atoms with Crippen LogP contribution in [0.4, 0.5) is 16.2 Å². The van der Waals surface area contributed by atoms with E-state index in [2.05, 4.69) is 26.1 Å². The van der Waals surface area contributed by atoms with Crippen LogP contribution in [0, 0.1) is 6.92 Å². The van der Waals surface area contributed by atoms with Crippen LogP contribution >= 0.6 is 0 Å². The number of fused-ring (bicyclic) bond motifs is 1. The van der Waals surface area contributed by atoms with Crippen LogP contribution < -0.4 is 16.0 Å². The van der Waals surface area contributed by atoms with Gasteiger partial charge in [-0.15, -0.1) is 0 Å². The van der Waals surface area contributed by atoms with Crippen molar-refractivity contribution < 1.29 is 18.5 Å². The molecular formula is C20H17N5O4. The number of benzene rings is 1. The summed E-state index contributed by atoms with van der Waals surface area (Å²) in [5.41, 5.74) is 2.67. The van der Waals surface area contributed by atoms with Gasteiger partial charge in [0.1, 0.15) is 5.69 Å².